The minimum atomic E-state index is -0.400. The number of carbonyl (C=O) groups excluding carboxylic acids is 1. The maximum Gasteiger partial charge on any atom is 0.303 e. The third-order valence-corrected chi connectivity index (χ3v) is 2.37. The Morgan fingerprint density at radius 2 is 2.47 bits per heavy atom. The van der Waals surface area contributed by atoms with Gasteiger partial charge in [0, 0.05) is 13.0 Å². The second kappa shape index (κ2) is 3.77. The highest BCUT2D eigenvalue weighted by Crippen LogP contribution is 2.07. The molecule has 0 saturated heterocycles. The van der Waals surface area contributed by atoms with Gasteiger partial charge in [0.25, 0.3) is 5.56 Å². The van der Waals surface area contributed by atoms with E-state index in [-0.39, 0.29) is 12.2 Å². The van der Waals surface area contributed by atoms with Gasteiger partial charge in [-0.1, -0.05) is 11.3 Å². The van der Waals surface area contributed by atoms with Crippen molar-refractivity contribution in [3.05, 3.63) is 27.6 Å². The van der Waals surface area contributed by atoms with Crippen molar-refractivity contribution in [1.82, 2.24) is 14.6 Å². The fourth-order valence-electron chi connectivity index (χ4n) is 1.10. The lowest BCUT2D eigenvalue weighted by Crippen LogP contribution is -2.13. The summed E-state index contributed by atoms with van der Waals surface area (Å²) in [6.07, 6.45) is 0. The average molecular weight is 225 g/mol. The number of nitrogens with zero attached hydrogens (tertiary/aromatic N) is 3. The van der Waals surface area contributed by atoms with Gasteiger partial charge in [0.2, 0.25) is 4.96 Å². The van der Waals surface area contributed by atoms with Crippen molar-refractivity contribution >= 4 is 22.3 Å². The predicted molar refractivity (Wildman–Crippen MR) is 52.6 cm³/mol. The summed E-state index contributed by atoms with van der Waals surface area (Å²) >= 11 is 1.25. The zero-order chi connectivity index (χ0) is 10.8. The van der Waals surface area contributed by atoms with Crippen molar-refractivity contribution in [2.45, 2.75) is 13.5 Å². The summed E-state index contributed by atoms with van der Waals surface area (Å²) in [5.74, 6) is -0.400. The molecule has 0 unspecified atom stereocenters. The van der Waals surface area contributed by atoms with Crippen LogP contribution in [0.25, 0.3) is 4.96 Å². The molecule has 78 valence electrons. The van der Waals surface area contributed by atoms with E-state index in [9.17, 15) is 9.59 Å². The molecule has 2 heterocycles. The van der Waals surface area contributed by atoms with Gasteiger partial charge in [-0.05, 0) is 0 Å². The minimum absolute atomic E-state index is 0.0258. The van der Waals surface area contributed by atoms with Crippen molar-refractivity contribution in [3.8, 4) is 0 Å². The van der Waals surface area contributed by atoms with Gasteiger partial charge >= 0.3 is 5.97 Å². The largest absolute Gasteiger partial charge is 0.459 e. The summed E-state index contributed by atoms with van der Waals surface area (Å²) in [5, 5.41) is 3.98. The molecule has 0 N–H and O–H groups in total. The number of rotatable bonds is 2. The zero-order valence-corrected chi connectivity index (χ0v) is 8.65. The van der Waals surface area contributed by atoms with Crippen molar-refractivity contribution in [2.75, 3.05) is 0 Å². The fourth-order valence-corrected chi connectivity index (χ4v) is 1.74. The number of carbonyl (C=O) groups is 1. The SMILES string of the molecule is CC(=O)OCc1cc(=O)nc2scnn12. The van der Waals surface area contributed by atoms with E-state index in [0.717, 1.165) is 0 Å². The first-order valence-corrected chi connectivity index (χ1v) is 5.00. The van der Waals surface area contributed by atoms with Gasteiger partial charge in [-0.15, -0.1) is 0 Å². The molecule has 0 atom stereocenters. The maximum atomic E-state index is 11.2. The summed E-state index contributed by atoms with van der Waals surface area (Å²) in [4.78, 5) is 26.0. The summed E-state index contributed by atoms with van der Waals surface area (Å²) in [5.41, 5.74) is 1.72. The van der Waals surface area contributed by atoms with Crippen LogP contribution in [-0.4, -0.2) is 20.6 Å². The molecule has 15 heavy (non-hydrogen) atoms. The molecule has 0 bridgehead atoms. The predicted octanol–water partition coefficient (Wildman–Crippen LogP) is 0.214. The van der Waals surface area contributed by atoms with Crippen LogP contribution in [0.1, 0.15) is 12.6 Å². The summed E-state index contributed by atoms with van der Waals surface area (Å²) in [6, 6.07) is 1.30. The highest BCUT2D eigenvalue weighted by Gasteiger charge is 2.06. The van der Waals surface area contributed by atoms with Crippen LogP contribution in [-0.2, 0) is 16.1 Å². The van der Waals surface area contributed by atoms with Gasteiger partial charge in [-0.2, -0.15) is 10.1 Å². The van der Waals surface area contributed by atoms with Crippen molar-refractivity contribution in [3.63, 3.8) is 0 Å². The van der Waals surface area contributed by atoms with Crippen LogP contribution < -0.4 is 5.56 Å². The second-order valence-electron chi connectivity index (χ2n) is 2.80. The molecule has 2 rings (SSSR count). The van der Waals surface area contributed by atoms with Crippen LogP contribution in [0.2, 0.25) is 0 Å². The van der Waals surface area contributed by atoms with Crippen molar-refractivity contribution in [2.24, 2.45) is 0 Å². The molecule has 0 spiro atoms. The van der Waals surface area contributed by atoms with E-state index in [2.05, 4.69) is 10.1 Å². The van der Waals surface area contributed by atoms with Gasteiger partial charge in [0.1, 0.15) is 12.1 Å². The number of hydrogen-bond donors (Lipinski definition) is 0. The molecule has 0 radical (unpaired) electrons. The molecule has 7 heteroatoms. The number of hydrogen-bond acceptors (Lipinski definition) is 6. The molecule has 0 fully saturated rings. The highest BCUT2D eigenvalue weighted by molar-refractivity contribution is 7.14. The van der Waals surface area contributed by atoms with E-state index in [4.69, 9.17) is 4.74 Å². The van der Waals surface area contributed by atoms with Gasteiger partial charge < -0.3 is 4.74 Å². The lowest BCUT2D eigenvalue weighted by Gasteiger charge is -2.02. The molecule has 0 saturated carbocycles. The van der Waals surface area contributed by atoms with Gasteiger partial charge in [-0.25, -0.2) is 4.52 Å². The molecular weight excluding hydrogens is 218 g/mol. The highest BCUT2D eigenvalue weighted by atomic mass is 32.1. The van der Waals surface area contributed by atoms with E-state index in [1.807, 2.05) is 0 Å². The Morgan fingerprint density at radius 3 is 3.20 bits per heavy atom. The number of ether oxygens (including phenoxy) is 1. The molecule has 0 aliphatic heterocycles. The van der Waals surface area contributed by atoms with E-state index in [1.165, 1.54) is 28.8 Å². The monoisotopic (exact) mass is 225 g/mol. The van der Waals surface area contributed by atoms with Crippen molar-refractivity contribution in [1.29, 1.82) is 0 Å². The molecule has 0 aliphatic rings. The van der Waals surface area contributed by atoms with Crippen LogP contribution in [0.5, 0.6) is 0 Å². The third kappa shape index (κ3) is 2.01. The smallest absolute Gasteiger partial charge is 0.303 e. The van der Waals surface area contributed by atoms with Gasteiger partial charge in [-0.3, -0.25) is 9.59 Å². The van der Waals surface area contributed by atoms with Gasteiger partial charge in [0.15, 0.2) is 0 Å². The minimum Gasteiger partial charge on any atom is -0.459 e. The van der Waals surface area contributed by atoms with E-state index in [0.29, 0.717) is 10.7 Å². The van der Waals surface area contributed by atoms with Crippen molar-refractivity contribution < 1.29 is 9.53 Å². The zero-order valence-electron chi connectivity index (χ0n) is 7.84. The molecular formula is C8H7N3O3S. The van der Waals surface area contributed by atoms with Crippen LogP contribution in [0.3, 0.4) is 0 Å². The first-order chi connectivity index (χ1) is 7.16. The quantitative estimate of drug-likeness (QED) is 0.683. The molecule has 2 aromatic rings. The summed E-state index contributed by atoms with van der Waals surface area (Å²) in [6.45, 7) is 1.33. The van der Waals surface area contributed by atoms with Gasteiger partial charge in [0.05, 0.1) is 5.69 Å². The number of aromatic nitrogens is 3. The lowest BCUT2D eigenvalue weighted by atomic mass is 10.4. The normalized spacial score (nSPS) is 10.5. The third-order valence-electron chi connectivity index (χ3n) is 1.69. The van der Waals surface area contributed by atoms with E-state index < -0.39 is 5.97 Å². The Bertz CT molecular complexity index is 560. The van der Waals surface area contributed by atoms with Crippen LogP contribution in [0, 0.1) is 0 Å². The van der Waals surface area contributed by atoms with E-state index >= 15 is 0 Å². The Labute approximate surface area is 88.1 Å². The Hall–Kier alpha value is -1.76. The van der Waals surface area contributed by atoms with E-state index in [1.54, 1.807) is 5.51 Å². The number of fused-ring (bicyclic) bond motifs is 1. The molecule has 0 aliphatic carbocycles. The fraction of sp³-hybridized carbons (Fsp3) is 0.250. The average Bonchev–Trinajstić information content (AvgIpc) is 2.61. The molecule has 6 nitrogen and oxygen atoms in total. The Kier molecular flexibility index (Phi) is 2.46. The molecule has 0 aromatic carbocycles. The molecule has 2 aromatic heterocycles. The maximum absolute atomic E-state index is 11.2. The van der Waals surface area contributed by atoms with Crippen LogP contribution in [0.15, 0.2) is 16.4 Å². The summed E-state index contributed by atoms with van der Waals surface area (Å²) < 4.78 is 6.28. The molecule has 0 amide bonds. The number of esters is 1. The van der Waals surface area contributed by atoms with Crippen LogP contribution >= 0.6 is 11.3 Å². The summed E-state index contributed by atoms with van der Waals surface area (Å²) in [7, 11) is 0. The second-order valence-corrected chi connectivity index (χ2v) is 3.61. The topological polar surface area (TPSA) is 73.6 Å². The lowest BCUT2D eigenvalue weighted by molar-refractivity contribution is -0.142. The standard InChI is InChI=1S/C8H7N3O3S/c1-5(12)14-3-6-2-7(13)10-8-11(6)9-4-15-8/h2,4H,3H2,1H3. The van der Waals surface area contributed by atoms with Crippen LogP contribution in [0.4, 0.5) is 0 Å². The first-order valence-electron chi connectivity index (χ1n) is 4.12. The Morgan fingerprint density at radius 1 is 1.67 bits per heavy atom. The first kappa shape index (κ1) is 9.78. The Balaban J connectivity index is 2.44.